The van der Waals surface area contributed by atoms with E-state index in [1.807, 2.05) is 24.3 Å². The zero-order valence-corrected chi connectivity index (χ0v) is 11.6. The third-order valence-electron chi connectivity index (χ3n) is 2.36. The Bertz CT molecular complexity index is 546. The zero-order chi connectivity index (χ0) is 13.0. The fourth-order valence-corrected chi connectivity index (χ4v) is 2.01. The van der Waals surface area contributed by atoms with Crippen molar-refractivity contribution in [2.24, 2.45) is 0 Å². The summed E-state index contributed by atoms with van der Waals surface area (Å²) in [5.41, 5.74) is 1.07. The van der Waals surface area contributed by atoms with Crippen molar-refractivity contribution < 1.29 is 0 Å². The maximum absolute atomic E-state index is 6.06. The van der Waals surface area contributed by atoms with E-state index in [1.54, 1.807) is 0 Å². The van der Waals surface area contributed by atoms with Crippen molar-refractivity contribution in [3.63, 3.8) is 0 Å². The Morgan fingerprint density at radius 2 is 1.83 bits per heavy atom. The minimum Gasteiger partial charge on any atom is -0.368 e. The van der Waals surface area contributed by atoms with Crippen molar-refractivity contribution in [2.45, 2.75) is 6.42 Å². The molecule has 1 aromatic heterocycles. The standard InChI is InChI=1S/C12H10Cl3N3/c13-9-4-2-1-3-8(9)5-6-16-11-10(14)7-17-12(15)18-11/h1-4,7H,5-6H2,(H,16,17,18). The highest BCUT2D eigenvalue weighted by Gasteiger charge is 2.04. The molecule has 0 saturated carbocycles. The van der Waals surface area contributed by atoms with Crippen LogP contribution in [0.15, 0.2) is 30.5 Å². The number of nitrogens with one attached hydrogen (secondary N) is 1. The first kappa shape index (κ1) is 13.4. The first-order valence-corrected chi connectivity index (χ1v) is 6.45. The average molecular weight is 303 g/mol. The van der Waals surface area contributed by atoms with Gasteiger partial charge in [0, 0.05) is 11.6 Å². The van der Waals surface area contributed by atoms with Gasteiger partial charge in [-0.1, -0.05) is 41.4 Å². The van der Waals surface area contributed by atoms with Crippen molar-refractivity contribution in [1.29, 1.82) is 0 Å². The van der Waals surface area contributed by atoms with Crippen LogP contribution >= 0.6 is 34.8 Å². The normalized spacial score (nSPS) is 10.4. The third kappa shape index (κ3) is 3.48. The summed E-state index contributed by atoms with van der Waals surface area (Å²) in [6.45, 7) is 0.663. The molecule has 2 rings (SSSR count). The van der Waals surface area contributed by atoms with E-state index in [2.05, 4.69) is 15.3 Å². The first-order valence-electron chi connectivity index (χ1n) is 5.32. The summed E-state index contributed by atoms with van der Waals surface area (Å²) in [4.78, 5) is 7.79. The van der Waals surface area contributed by atoms with Crippen LogP contribution in [-0.2, 0) is 6.42 Å². The predicted molar refractivity (Wildman–Crippen MR) is 75.7 cm³/mol. The Morgan fingerprint density at radius 1 is 1.06 bits per heavy atom. The van der Waals surface area contributed by atoms with Gasteiger partial charge in [0.15, 0.2) is 0 Å². The summed E-state index contributed by atoms with van der Waals surface area (Å²) in [6.07, 6.45) is 2.24. The van der Waals surface area contributed by atoms with E-state index < -0.39 is 0 Å². The lowest BCUT2D eigenvalue weighted by atomic mass is 10.1. The minimum atomic E-state index is 0.166. The summed E-state index contributed by atoms with van der Waals surface area (Å²) < 4.78 is 0. The smallest absolute Gasteiger partial charge is 0.224 e. The first-order chi connectivity index (χ1) is 8.66. The van der Waals surface area contributed by atoms with E-state index >= 15 is 0 Å². The van der Waals surface area contributed by atoms with Gasteiger partial charge in [0.25, 0.3) is 0 Å². The van der Waals surface area contributed by atoms with Gasteiger partial charge in [-0.3, -0.25) is 0 Å². The number of hydrogen-bond acceptors (Lipinski definition) is 3. The molecular weight excluding hydrogens is 293 g/mol. The number of rotatable bonds is 4. The largest absolute Gasteiger partial charge is 0.368 e. The number of benzene rings is 1. The average Bonchev–Trinajstić information content (AvgIpc) is 2.36. The molecule has 3 nitrogen and oxygen atoms in total. The number of halogens is 3. The van der Waals surface area contributed by atoms with Crippen molar-refractivity contribution in [2.75, 3.05) is 11.9 Å². The monoisotopic (exact) mass is 301 g/mol. The molecule has 0 spiro atoms. The maximum atomic E-state index is 6.06. The predicted octanol–water partition coefficient (Wildman–Crippen LogP) is 4.09. The van der Waals surface area contributed by atoms with Crippen LogP contribution in [-0.4, -0.2) is 16.5 Å². The molecule has 1 heterocycles. The molecule has 94 valence electrons. The van der Waals surface area contributed by atoms with Gasteiger partial charge < -0.3 is 5.32 Å². The van der Waals surface area contributed by atoms with Crippen molar-refractivity contribution in [3.05, 3.63) is 51.4 Å². The molecule has 0 aliphatic carbocycles. The van der Waals surface area contributed by atoms with Crippen LogP contribution in [0, 0.1) is 0 Å². The van der Waals surface area contributed by atoms with Crippen LogP contribution in [0.4, 0.5) is 5.82 Å². The molecule has 18 heavy (non-hydrogen) atoms. The number of aromatic nitrogens is 2. The van der Waals surface area contributed by atoms with E-state index in [4.69, 9.17) is 34.8 Å². The highest BCUT2D eigenvalue weighted by atomic mass is 35.5. The van der Waals surface area contributed by atoms with E-state index in [1.165, 1.54) is 6.20 Å². The molecule has 0 aliphatic rings. The van der Waals surface area contributed by atoms with Crippen LogP contribution < -0.4 is 5.32 Å². The van der Waals surface area contributed by atoms with Gasteiger partial charge in [-0.15, -0.1) is 0 Å². The molecule has 1 aromatic carbocycles. The van der Waals surface area contributed by atoms with Crippen molar-refractivity contribution >= 4 is 40.6 Å². The zero-order valence-electron chi connectivity index (χ0n) is 9.33. The number of anilines is 1. The molecule has 0 aliphatic heterocycles. The fraction of sp³-hybridized carbons (Fsp3) is 0.167. The Balaban J connectivity index is 1.96. The highest BCUT2D eigenvalue weighted by molar-refractivity contribution is 6.33. The lowest BCUT2D eigenvalue weighted by Gasteiger charge is -2.08. The van der Waals surface area contributed by atoms with E-state index in [9.17, 15) is 0 Å². The van der Waals surface area contributed by atoms with Gasteiger partial charge in [-0.05, 0) is 29.7 Å². The Morgan fingerprint density at radius 3 is 2.61 bits per heavy atom. The molecule has 0 saturated heterocycles. The van der Waals surface area contributed by atoms with E-state index in [0.717, 1.165) is 17.0 Å². The second-order valence-corrected chi connectivity index (χ2v) is 4.76. The second-order valence-electron chi connectivity index (χ2n) is 3.60. The molecule has 0 bridgehead atoms. The van der Waals surface area contributed by atoms with Crippen molar-refractivity contribution in [1.82, 2.24) is 9.97 Å². The lowest BCUT2D eigenvalue weighted by molar-refractivity contribution is 1.000. The van der Waals surface area contributed by atoms with Gasteiger partial charge in [-0.25, -0.2) is 4.98 Å². The summed E-state index contributed by atoms with van der Waals surface area (Å²) >= 11 is 17.7. The lowest BCUT2D eigenvalue weighted by Crippen LogP contribution is -2.07. The molecule has 0 fully saturated rings. The van der Waals surface area contributed by atoms with Gasteiger partial charge in [0.1, 0.15) is 10.8 Å². The topological polar surface area (TPSA) is 37.8 Å². The molecule has 0 atom stereocenters. The van der Waals surface area contributed by atoms with Gasteiger partial charge in [0.2, 0.25) is 5.28 Å². The van der Waals surface area contributed by atoms with Crippen LogP contribution in [0.25, 0.3) is 0 Å². The van der Waals surface area contributed by atoms with E-state index in [-0.39, 0.29) is 5.28 Å². The van der Waals surface area contributed by atoms with Gasteiger partial charge in [0.05, 0.1) is 6.20 Å². The molecule has 1 N–H and O–H groups in total. The number of nitrogens with zero attached hydrogens (tertiary/aromatic N) is 2. The second kappa shape index (κ2) is 6.23. The quantitative estimate of drug-likeness (QED) is 0.864. The molecular formula is C12H10Cl3N3. The summed E-state index contributed by atoms with van der Waals surface area (Å²) in [5.74, 6) is 0.531. The Kier molecular flexibility index (Phi) is 4.64. The van der Waals surface area contributed by atoms with Gasteiger partial charge >= 0.3 is 0 Å². The van der Waals surface area contributed by atoms with Crippen LogP contribution in [0.2, 0.25) is 15.3 Å². The molecule has 0 unspecified atom stereocenters. The molecule has 2 aromatic rings. The van der Waals surface area contributed by atoms with E-state index in [0.29, 0.717) is 17.4 Å². The van der Waals surface area contributed by atoms with Crippen LogP contribution in [0.3, 0.4) is 0 Å². The highest BCUT2D eigenvalue weighted by Crippen LogP contribution is 2.20. The maximum Gasteiger partial charge on any atom is 0.224 e. The SMILES string of the molecule is Clc1ncc(Cl)c(NCCc2ccccc2Cl)n1. The summed E-state index contributed by atoms with van der Waals surface area (Å²) in [5, 5.41) is 4.47. The van der Waals surface area contributed by atoms with Crippen LogP contribution in [0.5, 0.6) is 0 Å². The summed E-state index contributed by atoms with van der Waals surface area (Å²) in [6, 6.07) is 7.71. The third-order valence-corrected chi connectivity index (χ3v) is 3.19. The Labute approximate surface area is 120 Å². The van der Waals surface area contributed by atoms with Gasteiger partial charge in [-0.2, -0.15) is 4.98 Å². The fourth-order valence-electron chi connectivity index (χ4n) is 1.49. The minimum absolute atomic E-state index is 0.166. The van der Waals surface area contributed by atoms with Crippen molar-refractivity contribution in [3.8, 4) is 0 Å². The molecule has 6 heteroatoms. The summed E-state index contributed by atoms with van der Waals surface area (Å²) in [7, 11) is 0. The van der Waals surface area contributed by atoms with Crippen LogP contribution in [0.1, 0.15) is 5.56 Å². The molecule has 0 amide bonds. The Hall–Kier alpha value is -1.03. The molecule has 0 radical (unpaired) electrons. The number of hydrogen-bond donors (Lipinski definition) is 1.